The first-order valence-electron chi connectivity index (χ1n) is 7.63. The Hall–Kier alpha value is -2.37. The molecule has 3 aromatic rings. The lowest BCUT2D eigenvalue weighted by molar-refractivity contribution is 0.628. The molecule has 1 heterocycles. The summed E-state index contributed by atoms with van der Waals surface area (Å²) in [6.07, 6.45) is 2.44. The summed E-state index contributed by atoms with van der Waals surface area (Å²) < 4.78 is 13.2. The van der Waals surface area contributed by atoms with Gasteiger partial charge in [-0.05, 0) is 48.4 Å². The Labute approximate surface area is 155 Å². The molecule has 0 bridgehead atoms. The Bertz CT molecular complexity index is 873. The van der Waals surface area contributed by atoms with Crippen LogP contribution >= 0.6 is 23.2 Å². The first-order valence-corrected chi connectivity index (χ1v) is 8.39. The number of nitrogens with one attached hydrogen (secondary N) is 2. The maximum atomic E-state index is 13.2. The van der Waals surface area contributed by atoms with Crippen molar-refractivity contribution in [2.75, 3.05) is 17.2 Å². The Morgan fingerprint density at radius 3 is 2.72 bits per heavy atom. The standard InChI is InChI=1S/C18H15Cl2FN4/c19-13-3-1-2-12(10-13)6-8-22-18-23-9-7-17(25-18)24-14-4-5-16(21)15(20)11-14/h1-5,7,9-11H,6,8H2,(H2,22,23,24,25). The molecule has 0 fully saturated rings. The second kappa shape index (κ2) is 8.14. The highest BCUT2D eigenvalue weighted by atomic mass is 35.5. The molecule has 3 rings (SSSR count). The fourth-order valence-electron chi connectivity index (χ4n) is 2.25. The fraction of sp³-hybridized carbons (Fsp3) is 0.111. The normalized spacial score (nSPS) is 10.5. The van der Waals surface area contributed by atoms with Gasteiger partial charge >= 0.3 is 0 Å². The number of nitrogens with zero attached hydrogens (tertiary/aromatic N) is 2. The SMILES string of the molecule is Fc1ccc(Nc2ccnc(NCCc3cccc(Cl)c3)n2)cc1Cl. The van der Waals surface area contributed by atoms with Crippen molar-refractivity contribution in [1.82, 2.24) is 9.97 Å². The van der Waals surface area contributed by atoms with E-state index in [1.165, 1.54) is 12.1 Å². The van der Waals surface area contributed by atoms with Gasteiger partial charge in [-0.1, -0.05) is 35.3 Å². The van der Waals surface area contributed by atoms with Crippen LogP contribution in [0.5, 0.6) is 0 Å². The summed E-state index contributed by atoms with van der Waals surface area (Å²) in [7, 11) is 0. The van der Waals surface area contributed by atoms with Gasteiger partial charge in [-0.15, -0.1) is 0 Å². The van der Waals surface area contributed by atoms with Crippen molar-refractivity contribution in [3.05, 3.63) is 76.2 Å². The van der Waals surface area contributed by atoms with E-state index in [9.17, 15) is 4.39 Å². The van der Waals surface area contributed by atoms with Crippen LogP contribution in [0.3, 0.4) is 0 Å². The molecular weight excluding hydrogens is 362 g/mol. The van der Waals surface area contributed by atoms with E-state index < -0.39 is 5.82 Å². The van der Waals surface area contributed by atoms with E-state index >= 15 is 0 Å². The van der Waals surface area contributed by atoms with Gasteiger partial charge in [-0.2, -0.15) is 4.98 Å². The largest absolute Gasteiger partial charge is 0.354 e. The van der Waals surface area contributed by atoms with E-state index in [0.29, 0.717) is 24.0 Å². The molecule has 2 aromatic carbocycles. The Kier molecular flexibility index (Phi) is 5.68. The van der Waals surface area contributed by atoms with Gasteiger partial charge in [0, 0.05) is 23.5 Å². The lowest BCUT2D eigenvalue weighted by Crippen LogP contribution is -2.08. The summed E-state index contributed by atoms with van der Waals surface area (Å²) in [5, 5.41) is 7.01. The van der Waals surface area contributed by atoms with E-state index in [0.717, 1.165) is 17.0 Å². The zero-order valence-corrected chi connectivity index (χ0v) is 14.7. The van der Waals surface area contributed by atoms with Gasteiger partial charge in [0.05, 0.1) is 5.02 Å². The first kappa shape index (κ1) is 17.5. The van der Waals surface area contributed by atoms with Crippen molar-refractivity contribution in [3.63, 3.8) is 0 Å². The van der Waals surface area contributed by atoms with E-state index in [2.05, 4.69) is 20.6 Å². The molecule has 7 heteroatoms. The Morgan fingerprint density at radius 2 is 1.92 bits per heavy atom. The number of benzene rings is 2. The molecule has 1 aromatic heterocycles. The van der Waals surface area contributed by atoms with E-state index in [1.54, 1.807) is 18.3 Å². The van der Waals surface area contributed by atoms with Crippen LogP contribution in [0.4, 0.5) is 21.8 Å². The minimum atomic E-state index is -0.460. The van der Waals surface area contributed by atoms with Crippen LogP contribution in [0.1, 0.15) is 5.56 Å². The van der Waals surface area contributed by atoms with Crippen molar-refractivity contribution in [2.24, 2.45) is 0 Å². The zero-order chi connectivity index (χ0) is 17.6. The third-order valence-corrected chi connectivity index (χ3v) is 3.96. The predicted molar refractivity (Wildman–Crippen MR) is 100 cm³/mol. The predicted octanol–water partition coefficient (Wildman–Crippen LogP) is 5.32. The Morgan fingerprint density at radius 1 is 1.04 bits per heavy atom. The summed E-state index contributed by atoms with van der Waals surface area (Å²) >= 11 is 11.8. The molecule has 0 saturated heterocycles. The second-order valence-electron chi connectivity index (χ2n) is 5.33. The molecule has 25 heavy (non-hydrogen) atoms. The van der Waals surface area contributed by atoms with Gasteiger partial charge in [0.1, 0.15) is 11.6 Å². The number of hydrogen-bond acceptors (Lipinski definition) is 4. The number of rotatable bonds is 6. The molecule has 0 radical (unpaired) electrons. The molecule has 0 saturated carbocycles. The third-order valence-electron chi connectivity index (χ3n) is 3.43. The molecule has 128 valence electrons. The highest BCUT2D eigenvalue weighted by molar-refractivity contribution is 6.31. The van der Waals surface area contributed by atoms with E-state index in [-0.39, 0.29) is 5.02 Å². The quantitative estimate of drug-likeness (QED) is 0.610. The molecule has 0 amide bonds. The molecular formula is C18H15Cl2FN4. The molecule has 0 spiro atoms. The Balaban J connectivity index is 1.60. The molecule has 0 atom stereocenters. The van der Waals surface area contributed by atoms with Gasteiger partial charge in [0.2, 0.25) is 5.95 Å². The monoisotopic (exact) mass is 376 g/mol. The molecule has 2 N–H and O–H groups in total. The van der Waals surface area contributed by atoms with Gasteiger partial charge in [0.15, 0.2) is 0 Å². The summed E-state index contributed by atoms with van der Waals surface area (Å²) in [5.41, 5.74) is 1.78. The fourth-order valence-corrected chi connectivity index (χ4v) is 2.64. The average Bonchev–Trinajstić information content (AvgIpc) is 2.59. The first-order chi connectivity index (χ1) is 12.1. The van der Waals surface area contributed by atoms with E-state index in [4.69, 9.17) is 23.2 Å². The van der Waals surface area contributed by atoms with Crippen molar-refractivity contribution < 1.29 is 4.39 Å². The second-order valence-corrected chi connectivity index (χ2v) is 6.17. The number of halogens is 3. The van der Waals surface area contributed by atoms with Crippen LogP contribution in [0.25, 0.3) is 0 Å². The van der Waals surface area contributed by atoms with Crippen molar-refractivity contribution in [1.29, 1.82) is 0 Å². The summed E-state index contributed by atoms with van der Waals surface area (Å²) in [6.45, 7) is 0.673. The van der Waals surface area contributed by atoms with Crippen LogP contribution in [0.15, 0.2) is 54.7 Å². The van der Waals surface area contributed by atoms with Crippen molar-refractivity contribution >= 4 is 40.7 Å². The van der Waals surface area contributed by atoms with Crippen LogP contribution < -0.4 is 10.6 Å². The van der Waals surface area contributed by atoms with Gasteiger partial charge in [-0.25, -0.2) is 9.37 Å². The topological polar surface area (TPSA) is 49.8 Å². The summed E-state index contributed by atoms with van der Waals surface area (Å²) in [5.74, 6) is 0.626. The lowest BCUT2D eigenvalue weighted by atomic mass is 10.1. The zero-order valence-electron chi connectivity index (χ0n) is 13.1. The van der Waals surface area contributed by atoms with Crippen molar-refractivity contribution in [3.8, 4) is 0 Å². The summed E-state index contributed by atoms with van der Waals surface area (Å²) in [6, 6.07) is 13.8. The molecule has 0 unspecified atom stereocenters. The van der Waals surface area contributed by atoms with Gasteiger partial charge < -0.3 is 10.6 Å². The highest BCUT2D eigenvalue weighted by Crippen LogP contribution is 2.22. The molecule has 4 nitrogen and oxygen atoms in total. The van der Waals surface area contributed by atoms with Crippen molar-refractivity contribution in [2.45, 2.75) is 6.42 Å². The van der Waals surface area contributed by atoms with Crippen LogP contribution in [-0.2, 0) is 6.42 Å². The van der Waals surface area contributed by atoms with Crippen LogP contribution in [0, 0.1) is 5.82 Å². The minimum absolute atomic E-state index is 0.0546. The smallest absolute Gasteiger partial charge is 0.224 e. The number of aromatic nitrogens is 2. The van der Waals surface area contributed by atoms with Crippen LogP contribution in [-0.4, -0.2) is 16.5 Å². The number of anilines is 3. The highest BCUT2D eigenvalue weighted by Gasteiger charge is 2.03. The minimum Gasteiger partial charge on any atom is -0.354 e. The molecule has 0 aliphatic heterocycles. The average molecular weight is 377 g/mol. The van der Waals surface area contributed by atoms with Gasteiger partial charge in [0.25, 0.3) is 0 Å². The van der Waals surface area contributed by atoms with E-state index in [1.807, 2.05) is 24.3 Å². The lowest BCUT2D eigenvalue weighted by Gasteiger charge is -2.09. The van der Waals surface area contributed by atoms with Gasteiger partial charge in [-0.3, -0.25) is 0 Å². The maximum Gasteiger partial charge on any atom is 0.224 e. The molecule has 0 aliphatic rings. The maximum absolute atomic E-state index is 13.2. The number of hydrogen-bond donors (Lipinski definition) is 2. The van der Waals surface area contributed by atoms with Crippen LogP contribution in [0.2, 0.25) is 10.0 Å². The molecule has 0 aliphatic carbocycles. The third kappa shape index (κ3) is 5.05. The summed E-state index contributed by atoms with van der Waals surface area (Å²) in [4.78, 5) is 8.56.